The summed E-state index contributed by atoms with van der Waals surface area (Å²) in [7, 11) is 1.79. The van der Waals surface area contributed by atoms with Gasteiger partial charge in [0, 0.05) is 13.6 Å². The minimum atomic E-state index is -0.283. The molecule has 0 radical (unpaired) electrons. The number of carbonyl (C=O) groups is 1. The van der Waals surface area contributed by atoms with Gasteiger partial charge in [0.25, 0.3) is 5.56 Å². The number of aryl methyl sites for hydroxylation is 2. The lowest BCUT2D eigenvalue weighted by atomic mass is 10.2. The molecule has 24 heavy (non-hydrogen) atoms. The predicted molar refractivity (Wildman–Crippen MR) is 89.4 cm³/mol. The van der Waals surface area contributed by atoms with Gasteiger partial charge >= 0.3 is 0 Å². The molecule has 4 aromatic rings. The topological polar surface area (TPSA) is 74.2 Å². The van der Waals surface area contributed by atoms with Crippen molar-refractivity contribution in [3.05, 3.63) is 64.0 Å². The van der Waals surface area contributed by atoms with Crippen molar-refractivity contribution in [1.29, 1.82) is 0 Å². The number of nitrogens with zero attached hydrogens (tertiary/aromatic N) is 5. The van der Waals surface area contributed by atoms with E-state index in [-0.39, 0.29) is 11.3 Å². The summed E-state index contributed by atoms with van der Waals surface area (Å²) < 4.78 is 4.89. The molecule has 4 rings (SSSR count). The molecule has 0 saturated carbocycles. The van der Waals surface area contributed by atoms with Crippen LogP contribution in [0.1, 0.15) is 21.7 Å². The minimum absolute atomic E-state index is 0.278. The Bertz CT molecular complexity index is 1130. The fourth-order valence-corrected chi connectivity index (χ4v) is 3.03. The first kappa shape index (κ1) is 14.4. The highest BCUT2D eigenvalue weighted by Gasteiger charge is 2.19. The van der Waals surface area contributed by atoms with E-state index < -0.39 is 0 Å². The van der Waals surface area contributed by atoms with Gasteiger partial charge in [0.1, 0.15) is 5.69 Å². The third-order valence-corrected chi connectivity index (χ3v) is 4.23. The molecule has 0 N–H and O–H groups in total. The second-order valence-corrected chi connectivity index (χ2v) is 5.73. The molecule has 0 amide bonds. The number of fused-ring (bicyclic) bond motifs is 2. The molecular weight excluding hydrogens is 306 g/mol. The predicted octanol–water partition coefficient (Wildman–Crippen LogP) is 1.55. The first-order valence-electron chi connectivity index (χ1n) is 7.54. The first-order chi connectivity index (χ1) is 11.6. The number of carbonyl (C=O) groups excluding carboxylic acids is 1. The number of rotatable bonds is 3. The van der Waals surface area contributed by atoms with Crippen molar-refractivity contribution in [3.8, 4) is 0 Å². The van der Waals surface area contributed by atoms with Crippen molar-refractivity contribution in [2.45, 2.75) is 13.5 Å². The van der Waals surface area contributed by atoms with Crippen LogP contribution < -0.4 is 5.56 Å². The Morgan fingerprint density at radius 2 is 1.96 bits per heavy atom. The second kappa shape index (κ2) is 5.16. The fraction of sp³-hybridized carbons (Fsp3) is 0.176. The highest BCUT2D eigenvalue weighted by atomic mass is 16.1. The van der Waals surface area contributed by atoms with E-state index in [0.717, 1.165) is 5.56 Å². The summed E-state index contributed by atoms with van der Waals surface area (Å²) in [6.07, 6.45) is 2.31. The van der Waals surface area contributed by atoms with Gasteiger partial charge in [-0.1, -0.05) is 30.3 Å². The van der Waals surface area contributed by atoms with Crippen LogP contribution in [-0.4, -0.2) is 29.8 Å². The molecule has 1 aromatic carbocycles. The van der Waals surface area contributed by atoms with Gasteiger partial charge in [0.05, 0.1) is 12.0 Å². The van der Waals surface area contributed by atoms with E-state index in [2.05, 4.69) is 9.97 Å². The molecule has 3 aromatic heterocycles. The summed E-state index contributed by atoms with van der Waals surface area (Å²) in [4.78, 5) is 33.1. The molecule has 0 unspecified atom stereocenters. The van der Waals surface area contributed by atoms with Gasteiger partial charge < -0.3 is 4.57 Å². The highest BCUT2D eigenvalue weighted by Crippen LogP contribution is 2.15. The quantitative estimate of drug-likeness (QED) is 0.537. The summed E-state index contributed by atoms with van der Waals surface area (Å²) in [5, 5.41) is 0. The Balaban J connectivity index is 2.05. The van der Waals surface area contributed by atoms with Crippen LogP contribution in [0, 0.1) is 6.92 Å². The van der Waals surface area contributed by atoms with E-state index in [9.17, 15) is 9.59 Å². The molecule has 0 aliphatic heterocycles. The third kappa shape index (κ3) is 1.91. The lowest BCUT2D eigenvalue weighted by Crippen LogP contribution is -2.21. The van der Waals surface area contributed by atoms with Gasteiger partial charge in [-0.25, -0.2) is 14.4 Å². The van der Waals surface area contributed by atoms with Crippen molar-refractivity contribution in [3.63, 3.8) is 0 Å². The standard InChI is InChI=1S/C17H15N5O2/c1-11-13(9-23)22-16(24)14-15(20(2)17(22)19-11)18-10-21(14)8-12-6-4-3-5-7-12/h3-7,9-10H,8H2,1-2H3. The Kier molecular flexibility index (Phi) is 3.09. The maximum atomic E-state index is 13.0. The highest BCUT2D eigenvalue weighted by molar-refractivity contribution is 5.79. The van der Waals surface area contributed by atoms with Gasteiger partial charge in [-0.2, -0.15) is 0 Å². The van der Waals surface area contributed by atoms with Crippen molar-refractivity contribution < 1.29 is 4.79 Å². The lowest BCUT2D eigenvalue weighted by molar-refractivity contribution is 0.111. The van der Waals surface area contributed by atoms with Gasteiger partial charge in [0.15, 0.2) is 17.5 Å². The number of aromatic nitrogens is 5. The lowest BCUT2D eigenvalue weighted by Gasteiger charge is -2.07. The average Bonchev–Trinajstić information content (AvgIpc) is 3.15. The third-order valence-electron chi connectivity index (χ3n) is 4.23. The zero-order valence-electron chi connectivity index (χ0n) is 13.3. The van der Waals surface area contributed by atoms with Crippen LogP contribution in [0.4, 0.5) is 0 Å². The number of hydrogen-bond donors (Lipinski definition) is 0. The van der Waals surface area contributed by atoms with Crippen LogP contribution in [0.5, 0.6) is 0 Å². The van der Waals surface area contributed by atoms with E-state index in [1.165, 1.54) is 4.40 Å². The van der Waals surface area contributed by atoms with Gasteiger partial charge in [-0.05, 0) is 12.5 Å². The minimum Gasteiger partial charge on any atom is -0.320 e. The molecule has 0 aliphatic carbocycles. The van der Waals surface area contributed by atoms with Gasteiger partial charge in [-0.3, -0.25) is 14.2 Å². The van der Waals surface area contributed by atoms with Crippen molar-refractivity contribution in [2.24, 2.45) is 7.05 Å². The molecule has 120 valence electrons. The normalized spacial score (nSPS) is 11.4. The summed E-state index contributed by atoms with van der Waals surface area (Å²) >= 11 is 0. The van der Waals surface area contributed by atoms with E-state index in [4.69, 9.17) is 0 Å². The molecule has 0 atom stereocenters. The SMILES string of the molecule is Cc1nc2n(C)c3ncn(Cc4ccccc4)c3c(=O)n2c1C=O. The molecule has 0 aliphatic rings. The van der Waals surface area contributed by atoms with E-state index in [1.54, 1.807) is 29.4 Å². The Hall–Kier alpha value is -3.22. The van der Waals surface area contributed by atoms with Crippen LogP contribution in [0.15, 0.2) is 41.5 Å². The van der Waals surface area contributed by atoms with Crippen LogP contribution in [-0.2, 0) is 13.6 Å². The van der Waals surface area contributed by atoms with Crippen molar-refractivity contribution in [2.75, 3.05) is 0 Å². The number of imidazole rings is 2. The number of hydrogen-bond acceptors (Lipinski definition) is 4. The Morgan fingerprint density at radius 1 is 1.21 bits per heavy atom. The fourth-order valence-electron chi connectivity index (χ4n) is 3.03. The first-order valence-corrected chi connectivity index (χ1v) is 7.54. The van der Waals surface area contributed by atoms with Crippen LogP contribution in [0.25, 0.3) is 16.9 Å². The Morgan fingerprint density at radius 3 is 2.67 bits per heavy atom. The zero-order chi connectivity index (χ0) is 16.8. The molecule has 0 fully saturated rings. The summed E-state index contributed by atoms with van der Waals surface area (Å²) in [6.45, 7) is 2.24. The monoisotopic (exact) mass is 321 g/mol. The van der Waals surface area contributed by atoms with Crippen LogP contribution in [0.3, 0.4) is 0 Å². The smallest absolute Gasteiger partial charge is 0.285 e. The molecule has 7 heteroatoms. The second-order valence-electron chi connectivity index (χ2n) is 5.73. The molecule has 3 heterocycles. The summed E-state index contributed by atoms with van der Waals surface area (Å²) in [6, 6.07) is 9.84. The summed E-state index contributed by atoms with van der Waals surface area (Å²) in [5.41, 5.74) is 2.59. The average molecular weight is 321 g/mol. The van der Waals surface area contributed by atoms with Gasteiger partial charge in [-0.15, -0.1) is 0 Å². The molecule has 0 saturated heterocycles. The Labute approximate surface area is 136 Å². The molecule has 0 spiro atoms. The molecular formula is C17H15N5O2. The number of benzene rings is 1. The van der Waals surface area contributed by atoms with Gasteiger partial charge in [0.2, 0.25) is 5.78 Å². The van der Waals surface area contributed by atoms with E-state index in [1.807, 2.05) is 30.3 Å². The van der Waals surface area contributed by atoms with Crippen molar-refractivity contribution >= 4 is 23.2 Å². The maximum absolute atomic E-state index is 13.0. The molecule has 7 nitrogen and oxygen atoms in total. The zero-order valence-corrected chi connectivity index (χ0v) is 13.3. The van der Waals surface area contributed by atoms with E-state index >= 15 is 0 Å². The summed E-state index contributed by atoms with van der Waals surface area (Å²) in [5.74, 6) is 0.414. The van der Waals surface area contributed by atoms with E-state index in [0.29, 0.717) is 35.5 Å². The largest absolute Gasteiger partial charge is 0.320 e. The number of aldehydes is 1. The van der Waals surface area contributed by atoms with Crippen LogP contribution in [0.2, 0.25) is 0 Å². The molecule has 0 bridgehead atoms. The maximum Gasteiger partial charge on any atom is 0.285 e. The van der Waals surface area contributed by atoms with Crippen LogP contribution >= 0.6 is 0 Å². The van der Waals surface area contributed by atoms with Crippen molar-refractivity contribution in [1.82, 2.24) is 23.5 Å².